The number of anilines is 1. The largest absolute Gasteiger partial charge is 0.352 e. The van der Waals surface area contributed by atoms with Gasteiger partial charge in [0.2, 0.25) is 5.91 Å². The number of aromatic nitrogens is 1. The van der Waals surface area contributed by atoms with Crippen LogP contribution in [-0.2, 0) is 18.3 Å². The van der Waals surface area contributed by atoms with Crippen LogP contribution in [0.1, 0.15) is 28.5 Å². The smallest absolute Gasteiger partial charge is 0.251 e. The number of para-hydroxylation sites is 1. The van der Waals surface area contributed by atoms with Crippen molar-refractivity contribution in [3.8, 4) is 0 Å². The predicted octanol–water partition coefficient (Wildman–Crippen LogP) is 3.42. The quantitative estimate of drug-likeness (QED) is 0.741. The van der Waals surface area contributed by atoms with Gasteiger partial charge in [-0.15, -0.1) is 0 Å². The molecule has 134 valence electrons. The molecule has 0 saturated heterocycles. The van der Waals surface area contributed by atoms with Gasteiger partial charge in [-0.25, -0.2) is 0 Å². The molecule has 2 N–H and O–H groups in total. The zero-order valence-electron chi connectivity index (χ0n) is 15.3. The van der Waals surface area contributed by atoms with Gasteiger partial charge in [0, 0.05) is 48.4 Å². The van der Waals surface area contributed by atoms with Crippen LogP contribution >= 0.6 is 0 Å². The number of nitrogens with one attached hydrogen (secondary N) is 2. The van der Waals surface area contributed by atoms with Crippen molar-refractivity contribution in [2.75, 3.05) is 11.9 Å². The monoisotopic (exact) mass is 349 g/mol. The van der Waals surface area contributed by atoms with Gasteiger partial charge in [0.25, 0.3) is 5.91 Å². The Morgan fingerprint density at radius 3 is 2.62 bits per heavy atom. The molecule has 0 fully saturated rings. The van der Waals surface area contributed by atoms with Crippen molar-refractivity contribution in [3.63, 3.8) is 0 Å². The van der Waals surface area contributed by atoms with Crippen molar-refractivity contribution >= 4 is 28.4 Å². The summed E-state index contributed by atoms with van der Waals surface area (Å²) in [6.45, 7) is 4.10. The van der Waals surface area contributed by atoms with E-state index >= 15 is 0 Å². The number of benzene rings is 2. The summed E-state index contributed by atoms with van der Waals surface area (Å²) in [7, 11) is 2.06. The lowest BCUT2D eigenvalue weighted by atomic mass is 10.1. The van der Waals surface area contributed by atoms with Gasteiger partial charge in [0.15, 0.2) is 0 Å². The molecule has 3 rings (SSSR count). The molecule has 2 amide bonds. The Morgan fingerprint density at radius 1 is 1.08 bits per heavy atom. The van der Waals surface area contributed by atoms with Crippen LogP contribution in [0.5, 0.6) is 0 Å². The van der Waals surface area contributed by atoms with Gasteiger partial charge in [-0.1, -0.05) is 24.3 Å². The van der Waals surface area contributed by atoms with Gasteiger partial charge in [0.1, 0.15) is 0 Å². The molecule has 0 unspecified atom stereocenters. The van der Waals surface area contributed by atoms with Crippen molar-refractivity contribution < 1.29 is 9.59 Å². The number of rotatable bonds is 5. The summed E-state index contributed by atoms with van der Waals surface area (Å²) in [6, 6.07) is 15.2. The average molecular weight is 349 g/mol. The number of hydrogen-bond acceptors (Lipinski definition) is 2. The van der Waals surface area contributed by atoms with E-state index in [1.54, 1.807) is 24.3 Å². The fourth-order valence-electron chi connectivity index (χ4n) is 3.26. The third kappa shape index (κ3) is 3.61. The van der Waals surface area contributed by atoms with Crippen LogP contribution in [0.2, 0.25) is 0 Å². The summed E-state index contributed by atoms with van der Waals surface area (Å²) in [5, 5.41) is 6.89. The summed E-state index contributed by atoms with van der Waals surface area (Å²) < 4.78 is 2.18. The number of carbonyl (C=O) groups is 2. The van der Waals surface area contributed by atoms with Crippen LogP contribution in [0.4, 0.5) is 5.69 Å². The highest BCUT2D eigenvalue weighted by Gasteiger charge is 2.12. The van der Waals surface area contributed by atoms with E-state index in [0.717, 1.165) is 6.42 Å². The number of amides is 2. The highest BCUT2D eigenvalue weighted by atomic mass is 16.2. The van der Waals surface area contributed by atoms with Gasteiger partial charge in [-0.3, -0.25) is 9.59 Å². The van der Waals surface area contributed by atoms with Crippen molar-refractivity contribution in [1.29, 1.82) is 0 Å². The normalized spacial score (nSPS) is 10.7. The Labute approximate surface area is 153 Å². The standard InChI is InChI=1S/C21H23N3O2/c1-14-18(19-9-4-5-10-20(19)24(14)3)11-12-22-21(26)16-7-6-8-17(13-16)23-15(2)25/h4-10,13H,11-12H2,1-3H3,(H,22,26)(H,23,25). The Kier molecular flexibility index (Phi) is 5.07. The minimum Gasteiger partial charge on any atom is -0.352 e. The second kappa shape index (κ2) is 7.44. The zero-order chi connectivity index (χ0) is 18.7. The van der Waals surface area contributed by atoms with Crippen LogP contribution in [0, 0.1) is 6.92 Å². The topological polar surface area (TPSA) is 63.1 Å². The summed E-state index contributed by atoms with van der Waals surface area (Å²) in [6.07, 6.45) is 0.768. The Balaban J connectivity index is 1.68. The molecule has 1 heterocycles. The van der Waals surface area contributed by atoms with E-state index < -0.39 is 0 Å². The van der Waals surface area contributed by atoms with Crippen molar-refractivity contribution in [3.05, 3.63) is 65.4 Å². The highest BCUT2D eigenvalue weighted by molar-refractivity contribution is 5.96. The maximum atomic E-state index is 12.4. The van der Waals surface area contributed by atoms with Crippen LogP contribution in [0.3, 0.4) is 0 Å². The first-order valence-corrected chi connectivity index (χ1v) is 8.66. The second-order valence-electron chi connectivity index (χ2n) is 6.41. The summed E-state index contributed by atoms with van der Waals surface area (Å²) in [5.41, 5.74) is 4.83. The fourth-order valence-corrected chi connectivity index (χ4v) is 3.26. The van der Waals surface area contributed by atoms with Crippen molar-refractivity contribution in [1.82, 2.24) is 9.88 Å². The van der Waals surface area contributed by atoms with E-state index in [4.69, 9.17) is 0 Å². The molecule has 26 heavy (non-hydrogen) atoms. The SMILES string of the molecule is CC(=O)Nc1cccc(C(=O)NCCc2c(C)n(C)c3ccccc23)c1. The molecule has 5 heteroatoms. The maximum Gasteiger partial charge on any atom is 0.251 e. The molecule has 5 nitrogen and oxygen atoms in total. The van der Waals surface area contributed by atoms with Crippen molar-refractivity contribution in [2.24, 2.45) is 7.05 Å². The van der Waals surface area contributed by atoms with E-state index in [2.05, 4.69) is 41.3 Å². The average Bonchev–Trinajstić information content (AvgIpc) is 2.86. The number of fused-ring (bicyclic) bond motifs is 1. The molecule has 2 aromatic carbocycles. The number of aryl methyl sites for hydroxylation is 1. The molecule has 1 aromatic heterocycles. The van der Waals surface area contributed by atoms with Crippen LogP contribution in [0.25, 0.3) is 10.9 Å². The first-order valence-electron chi connectivity index (χ1n) is 8.66. The molecular weight excluding hydrogens is 326 g/mol. The predicted molar refractivity (Wildman–Crippen MR) is 104 cm³/mol. The summed E-state index contributed by atoms with van der Waals surface area (Å²) >= 11 is 0. The minimum absolute atomic E-state index is 0.143. The Morgan fingerprint density at radius 2 is 1.85 bits per heavy atom. The molecule has 0 spiro atoms. The molecule has 0 atom stereocenters. The van der Waals surface area contributed by atoms with Crippen LogP contribution in [0.15, 0.2) is 48.5 Å². The number of carbonyl (C=O) groups excluding carboxylic acids is 2. The van der Waals surface area contributed by atoms with Gasteiger partial charge in [0.05, 0.1) is 0 Å². The first kappa shape index (κ1) is 17.7. The molecule has 0 bridgehead atoms. The lowest BCUT2D eigenvalue weighted by Gasteiger charge is -2.08. The molecule has 0 radical (unpaired) electrons. The minimum atomic E-state index is -0.158. The summed E-state index contributed by atoms with van der Waals surface area (Å²) in [4.78, 5) is 23.5. The zero-order valence-corrected chi connectivity index (χ0v) is 15.3. The highest BCUT2D eigenvalue weighted by Crippen LogP contribution is 2.24. The van der Waals surface area contributed by atoms with Crippen molar-refractivity contribution in [2.45, 2.75) is 20.3 Å². The lowest BCUT2D eigenvalue weighted by molar-refractivity contribution is -0.114. The Bertz CT molecular complexity index is 973. The van der Waals surface area contributed by atoms with E-state index in [1.165, 1.54) is 29.1 Å². The van der Waals surface area contributed by atoms with Gasteiger partial charge in [-0.2, -0.15) is 0 Å². The van der Waals surface area contributed by atoms with Gasteiger partial charge >= 0.3 is 0 Å². The molecule has 0 aliphatic heterocycles. The second-order valence-corrected chi connectivity index (χ2v) is 6.41. The van der Waals surface area contributed by atoms with Gasteiger partial charge < -0.3 is 15.2 Å². The summed E-state index contributed by atoms with van der Waals surface area (Å²) in [5.74, 6) is -0.302. The number of hydrogen-bond donors (Lipinski definition) is 2. The van der Waals surface area contributed by atoms with Gasteiger partial charge in [-0.05, 0) is 43.2 Å². The van der Waals surface area contributed by atoms with E-state index in [0.29, 0.717) is 17.8 Å². The molecule has 0 aliphatic rings. The molecule has 0 aliphatic carbocycles. The molecule has 0 saturated carbocycles. The third-order valence-corrected chi connectivity index (χ3v) is 4.64. The number of nitrogens with zero attached hydrogens (tertiary/aromatic N) is 1. The van der Waals surface area contributed by atoms with Crippen LogP contribution in [-0.4, -0.2) is 22.9 Å². The first-order chi connectivity index (χ1) is 12.5. The van der Waals surface area contributed by atoms with E-state index in [9.17, 15) is 9.59 Å². The third-order valence-electron chi connectivity index (χ3n) is 4.64. The molecule has 3 aromatic rings. The Hall–Kier alpha value is -3.08. The van der Waals surface area contributed by atoms with Crippen LogP contribution < -0.4 is 10.6 Å². The maximum absolute atomic E-state index is 12.4. The molecular formula is C21H23N3O2. The van der Waals surface area contributed by atoms with E-state index in [-0.39, 0.29) is 11.8 Å². The lowest BCUT2D eigenvalue weighted by Crippen LogP contribution is -2.26. The van der Waals surface area contributed by atoms with E-state index in [1.807, 2.05) is 12.1 Å². The fraction of sp³-hybridized carbons (Fsp3) is 0.238.